The van der Waals surface area contributed by atoms with Gasteiger partial charge in [0.2, 0.25) is 0 Å². The van der Waals surface area contributed by atoms with Crippen LogP contribution < -0.4 is 5.32 Å². The van der Waals surface area contributed by atoms with Crippen LogP contribution in [0.25, 0.3) is 11.1 Å². The van der Waals surface area contributed by atoms with Crippen molar-refractivity contribution in [2.75, 3.05) is 13.2 Å². The van der Waals surface area contributed by atoms with Gasteiger partial charge in [-0.3, -0.25) is 4.79 Å². The van der Waals surface area contributed by atoms with Gasteiger partial charge in [0.25, 0.3) is 11.6 Å². The van der Waals surface area contributed by atoms with Gasteiger partial charge in [0.1, 0.15) is 0 Å². The Morgan fingerprint density at radius 1 is 1.36 bits per heavy atom. The van der Waals surface area contributed by atoms with Crippen LogP contribution in [0, 0.1) is 12.3 Å². The Balaban J connectivity index is 2.33. The largest absolute Gasteiger partial charge is 0.396 e. The summed E-state index contributed by atoms with van der Waals surface area (Å²) in [7, 11) is 0. The van der Waals surface area contributed by atoms with Crippen LogP contribution in [0.5, 0.6) is 0 Å². The van der Waals surface area contributed by atoms with Gasteiger partial charge in [0.15, 0.2) is 0 Å². The van der Waals surface area contributed by atoms with Gasteiger partial charge in [-0.05, 0) is 43.6 Å². The molecule has 6 nitrogen and oxygen atoms in total. The van der Waals surface area contributed by atoms with Crippen LogP contribution in [0.1, 0.15) is 74.6 Å². The molecular weight excluding hydrogens is 318 g/mol. The molecule has 0 saturated heterocycles. The molecule has 0 radical (unpaired) electrons. The van der Waals surface area contributed by atoms with E-state index in [9.17, 15) is 9.90 Å². The molecule has 6 heteroatoms. The number of aliphatic hydroxyl groups is 1. The highest BCUT2D eigenvalue weighted by Gasteiger charge is 2.27. The number of aliphatic hydroxyl groups excluding tert-OH is 1. The molecule has 0 aliphatic heterocycles. The highest BCUT2D eigenvalue weighted by atomic mass is 16.5. The molecule has 1 amide bonds. The third-order valence-electron chi connectivity index (χ3n) is 5.24. The van der Waals surface area contributed by atoms with Crippen molar-refractivity contribution < 1.29 is 14.4 Å². The Morgan fingerprint density at radius 2 is 2.04 bits per heavy atom. The fourth-order valence-electron chi connectivity index (χ4n) is 3.13. The number of hydrogen-bond donors (Lipinski definition) is 2. The number of carbonyl (C=O) groups is 1. The molecule has 25 heavy (non-hydrogen) atoms. The monoisotopic (exact) mass is 347 g/mol. The minimum Gasteiger partial charge on any atom is -0.396 e. The Kier molecular flexibility index (Phi) is 6.16. The lowest BCUT2D eigenvalue weighted by Gasteiger charge is -2.31. The molecule has 2 aromatic heterocycles. The zero-order valence-electron chi connectivity index (χ0n) is 15.8. The first kappa shape index (κ1) is 19.4. The molecule has 0 aliphatic rings. The summed E-state index contributed by atoms with van der Waals surface area (Å²) < 4.78 is 5.28. The molecule has 0 bridgehead atoms. The lowest BCUT2D eigenvalue weighted by atomic mass is 9.79. The highest BCUT2D eigenvalue weighted by molar-refractivity contribution is 6.06. The Morgan fingerprint density at radius 3 is 2.60 bits per heavy atom. The number of nitrogens with one attached hydrogen (secondary N) is 1. The summed E-state index contributed by atoms with van der Waals surface area (Å²) in [5, 5.41) is 17.0. The quantitative estimate of drug-likeness (QED) is 0.762. The van der Waals surface area contributed by atoms with Gasteiger partial charge in [-0.25, -0.2) is 4.98 Å². The zero-order chi connectivity index (χ0) is 18.6. The SMILES string of the molecule is CCC(CC)(CCO)CNC(=O)c1cc(C(C)C)nc2onc(C)c12. The number of amides is 1. The number of nitrogens with zero attached hydrogens (tertiary/aromatic N) is 2. The topological polar surface area (TPSA) is 88.2 Å². The minimum atomic E-state index is -0.148. The fourth-order valence-corrected chi connectivity index (χ4v) is 3.13. The van der Waals surface area contributed by atoms with E-state index in [2.05, 4.69) is 29.3 Å². The van der Waals surface area contributed by atoms with Gasteiger partial charge < -0.3 is 14.9 Å². The second-order valence-corrected chi connectivity index (χ2v) is 7.06. The van der Waals surface area contributed by atoms with E-state index in [1.54, 1.807) is 0 Å². The smallest absolute Gasteiger partial charge is 0.259 e. The van der Waals surface area contributed by atoms with E-state index >= 15 is 0 Å². The molecule has 0 aromatic carbocycles. The predicted molar refractivity (Wildman–Crippen MR) is 97.7 cm³/mol. The second kappa shape index (κ2) is 7.95. The van der Waals surface area contributed by atoms with Crippen LogP contribution in [0.15, 0.2) is 10.6 Å². The van der Waals surface area contributed by atoms with Crippen molar-refractivity contribution in [3.8, 4) is 0 Å². The van der Waals surface area contributed by atoms with Crippen molar-refractivity contribution >= 4 is 17.0 Å². The van der Waals surface area contributed by atoms with Crippen LogP contribution in [0.4, 0.5) is 0 Å². The van der Waals surface area contributed by atoms with Gasteiger partial charge in [0, 0.05) is 18.8 Å². The number of rotatable bonds is 8. The van der Waals surface area contributed by atoms with Crippen LogP contribution in [-0.2, 0) is 0 Å². The van der Waals surface area contributed by atoms with Crippen LogP contribution >= 0.6 is 0 Å². The standard InChI is InChI=1S/C19H29N3O3/c1-6-19(7-2,8-9-23)11-20-17(24)14-10-15(12(3)4)21-18-16(14)13(5)22-25-18/h10,12,23H,6-9,11H2,1-5H3,(H,20,24). The summed E-state index contributed by atoms with van der Waals surface area (Å²) in [6.45, 7) is 10.7. The Bertz CT molecular complexity index is 733. The molecule has 0 spiro atoms. The molecule has 0 unspecified atom stereocenters. The van der Waals surface area contributed by atoms with E-state index in [0.717, 1.165) is 18.5 Å². The summed E-state index contributed by atoms with van der Waals surface area (Å²) in [6.07, 6.45) is 2.48. The van der Waals surface area contributed by atoms with Crippen molar-refractivity contribution in [2.45, 2.75) is 59.8 Å². The number of aryl methyl sites for hydroxylation is 1. The van der Waals surface area contributed by atoms with Crippen LogP contribution in [0.2, 0.25) is 0 Å². The van der Waals surface area contributed by atoms with Crippen molar-refractivity contribution in [2.24, 2.45) is 5.41 Å². The number of hydrogen-bond acceptors (Lipinski definition) is 5. The average molecular weight is 347 g/mol. The van der Waals surface area contributed by atoms with E-state index in [1.807, 2.05) is 26.8 Å². The van der Waals surface area contributed by atoms with Gasteiger partial charge in [0.05, 0.1) is 16.6 Å². The third kappa shape index (κ3) is 4.00. The maximum absolute atomic E-state index is 12.9. The molecule has 0 saturated carbocycles. The lowest BCUT2D eigenvalue weighted by Crippen LogP contribution is -2.37. The summed E-state index contributed by atoms with van der Waals surface area (Å²) >= 11 is 0. The van der Waals surface area contributed by atoms with E-state index < -0.39 is 0 Å². The van der Waals surface area contributed by atoms with E-state index in [-0.39, 0.29) is 23.8 Å². The number of fused-ring (bicyclic) bond motifs is 1. The first-order valence-corrected chi connectivity index (χ1v) is 9.03. The highest BCUT2D eigenvalue weighted by Crippen LogP contribution is 2.30. The van der Waals surface area contributed by atoms with Crippen molar-refractivity contribution in [1.29, 1.82) is 0 Å². The molecule has 2 aromatic rings. The van der Waals surface area contributed by atoms with Crippen molar-refractivity contribution in [3.63, 3.8) is 0 Å². The van der Waals surface area contributed by atoms with Crippen molar-refractivity contribution in [1.82, 2.24) is 15.5 Å². The average Bonchev–Trinajstić information content (AvgIpc) is 2.99. The molecule has 2 heterocycles. The van der Waals surface area contributed by atoms with Crippen molar-refractivity contribution in [3.05, 3.63) is 23.0 Å². The summed E-state index contributed by atoms with van der Waals surface area (Å²) in [5.41, 5.74) is 2.34. The maximum Gasteiger partial charge on any atom is 0.259 e. The summed E-state index contributed by atoms with van der Waals surface area (Å²) in [5.74, 6) is 0.0333. The van der Waals surface area contributed by atoms with E-state index in [0.29, 0.717) is 35.3 Å². The third-order valence-corrected chi connectivity index (χ3v) is 5.24. The summed E-state index contributed by atoms with van der Waals surface area (Å²) in [6, 6.07) is 1.83. The minimum absolute atomic E-state index is 0.0822. The second-order valence-electron chi connectivity index (χ2n) is 7.06. The first-order chi connectivity index (χ1) is 11.9. The van der Waals surface area contributed by atoms with Gasteiger partial charge in [-0.1, -0.05) is 32.9 Å². The number of pyridine rings is 1. The summed E-state index contributed by atoms with van der Waals surface area (Å²) in [4.78, 5) is 17.4. The number of aromatic nitrogens is 2. The Labute approximate surface area is 149 Å². The van der Waals surface area contributed by atoms with E-state index in [1.165, 1.54) is 0 Å². The zero-order valence-corrected chi connectivity index (χ0v) is 15.8. The lowest BCUT2D eigenvalue weighted by molar-refractivity contribution is 0.0908. The molecular formula is C19H29N3O3. The molecule has 2 rings (SSSR count). The molecule has 2 N–H and O–H groups in total. The normalized spacial score (nSPS) is 12.1. The fraction of sp³-hybridized carbons (Fsp3) is 0.632. The van der Waals surface area contributed by atoms with Gasteiger partial charge in [-0.15, -0.1) is 0 Å². The van der Waals surface area contributed by atoms with Crippen LogP contribution in [-0.4, -0.2) is 34.3 Å². The number of carbonyl (C=O) groups excluding carboxylic acids is 1. The molecule has 0 aliphatic carbocycles. The Hall–Kier alpha value is -1.95. The molecule has 0 fully saturated rings. The first-order valence-electron chi connectivity index (χ1n) is 9.03. The molecule has 0 atom stereocenters. The van der Waals surface area contributed by atoms with E-state index in [4.69, 9.17) is 4.52 Å². The maximum atomic E-state index is 12.9. The molecule has 138 valence electrons. The predicted octanol–water partition coefficient (Wildman–Crippen LogP) is 3.57. The van der Waals surface area contributed by atoms with Crippen LogP contribution in [0.3, 0.4) is 0 Å². The van der Waals surface area contributed by atoms with Gasteiger partial charge in [-0.2, -0.15) is 0 Å². The van der Waals surface area contributed by atoms with Gasteiger partial charge >= 0.3 is 0 Å².